The van der Waals surface area contributed by atoms with Crippen molar-refractivity contribution >= 4 is 11.8 Å². The summed E-state index contributed by atoms with van der Waals surface area (Å²) in [6, 6.07) is 0.186. The summed E-state index contributed by atoms with van der Waals surface area (Å²) in [7, 11) is 0. The maximum Gasteiger partial charge on any atom is 0.343 e. The summed E-state index contributed by atoms with van der Waals surface area (Å²) in [4.78, 5) is 11.7. The first-order valence-corrected chi connectivity index (χ1v) is 7.98. The van der Waals surface area contributed by atoms with Crippen LogP contribution in [0, 0.1) is 11.8 Å². The molecular formula is C13H24N4OS. The Morgan fingerprint density at radius 2 is 2.21 bits per heavy atom. The fourth-order valence-corrected chi connectivity index (χ4v) is 4.30. The lowest BCUT2D eigenvalue weighted by molar-refractivity contribution is 0.279. The van der Waals surface area contributed by atoms with E-state index in [4.69, 9.17) is 5.73 Å². The van der Waals surface area contributed by atoms with Crippen molar-refractivity contribution in [3.63, 3.8) is 0 Å². The third-order valence-electron chi connectivity index (χ3n) is 3.84. The van der Waals surface area contributed by atoms with Crippen LogP contribution in [0.4, 0.5) is 0 Å². The molecule has 6 heteroatoms. The van der Waals surface area contributed by atoms with Crippen molar-refractivity contribution in [2.45, 2.75) is 63.0 Å². The highest BCUT2D eigenvalue weighted by Gasteiger charge is 2.33. The van der Waals surface area contributed by atoms with Gasteiger partial charge >= 0.3 is 5.69 Å². The molecule has 2 rings (SSSR count). The Labute approximate surface area is 118 Å². The molecule has 0 aliphatic heterocycles. The molecule has 0 aromatic carbocycles. The van der Waals surface area contributed by atoms with Crippen molar-refractivity contribution in [2.24, 2.45) is 17.6 Å². The smallest absolute Gasteiger partial charge is 0.327 e. The molecule has 0 amide bonds. The number of H-pyrrole nitrogens is 1. The van der Waals surface area contributed by atoms with Crippen molar-refractivity contribution in [2.75, 3.05) is 0 Å². The van der Waals surface area contributed by atoms with E-state index in [9.17, 15) is 4.79 Å². The van der Waals surface area contributed by atoms with Gasteiger partial charge in [-0.2, -0.15) is 0 Å². The maximum atomic E-state index is 11.7. The van der Waals surface area contributed by atoms with E-state index in [0.29, 0.717) is 23.6 Å². The first-order chi connectivity index (χ1) is 9.02. The molecule has 1 aliphatic carbocycles. The molecule has 3 N–H and O–H groups in total. The van der Waals surface area contributed by atoms with Crippen LogP contribution in [0.2, 0.25) is 0 Å². The highest BCUT2D eigenvalue weighted by molar-refractivity contribution is 7.99. The predicted octanol–water partition coefficient (Wildman–Crippen LogP) is 1.84. The van der Waals surface area contributed by atoms with Gasteiger partial charge < -0.3 is 5.73 Å². The van der Waals surface area contributed by atoms with E-state index >= 15 is 0 Å². The van der Waals surface area contributed by atoms with Crippen LogP contribution in [-0.2, 0) is 6.54 Å². The van der Waals surface area contributed by atoms with Crippen LogP contribution in [0.3, 0.4) is 0 Å². The number of aromatic nitrogens is 3. The van der Waals surface area contributed by atoms with Crippen molar-refractivity contribution in [1.82, 2.24) is 14.8 Å². The van der Waals surface area contributed by atoms with E-state index < -0.39 is 0 Å². The maximum absolute atomic E-state index is 11.7. The van der Waals surface area contributed by atoms with Crippen LogP contribution in [0.25, 0.3) is 0 Å². The summed E-state index contributed by atoms with van der Waals surface area (Å²) in [5.74, 6) is 1.25. The van der Waals surface area contributed by atoms with Crippen LogP contribution in [0.15, 0.2) is 9.95 Å². The van der Waals surface area contributed by atoms with E-state index in [1.807, 2.05) is 0 Å². The first kappa shape index (κ1) is 14.7. The molecule has 0 spiro atoms. The zero-order chi connectivity index (χ0) is 14.0. The van der Waals surface area contributed by atoms with Gasteiger partial charge in [-0.15, -0.1) is 5.10 Å². The Morgan fingerprint density at radius 3 is 2.84 bits per heavy atom. The summed E-state index contributed by atoms with van der Waals surface area (Å²) in [6.45, 7) is 7.29. The van der Waals surface area contributed by atoms with E-state index in [2.05, 4.69) is 31.0 Å². The molecule has 1 aromatic rings. The van der Waals surface area contributed by atoms with Crippen molar-refractivity contribution in [3.05, 3.63) is 10.5 Å². The molecule has 1 aliphatic rings. The van der Waals surface area contributed by atoms with Crippen LogP contribution >= 0.6 is 11.8 Å². The monoisotopic (exact) mass is 284 g/mol. The molecule has 1 saturated carbocycles. The van der Waals surface area contributed by atoms with Crippen LogP contribution < -0.4 is 11.4 Å². The lowest BCUT2D eigenvalue weighted by atomic mass is 9.80. The van der Waals surface area contributed by atoms with Crippen LogP contribution in [-0.4, -0.2) is 26.1 Å². The molecule has 1 fully saturated rings. The third kappa shape index (κ3) is 3.23. The number of hydrogen-bond acceptors (Lipinski definition) is 4. The van der Waals surface area contributed by atoms with Gasteiger partial charge in [0, 0.05) is 17.8 Å². The summed E-state index contributed by atoms with van der Waals surface area (Å²) in [5.41, 5.74) is 6.18. The zero-order valence-electron chi connectivity index (χ0n) is 11.9. The average molecular weight is 284 g/mol. The third-order valence-corrected chi connectivity index (χ3v) is 5.45. The number of rotatable bonds is 4. The molecule has 0 radical (unpaired) electrons. The van der Waals surface area contributed by atoms with Crippen molar-refractivity contribution in [3.8, 4) is 0 Å². The first-order valence-electron chi connectivity index (χ1n) is 7.10. The molecule has 4 unspecified atom stereocenters. The van der Waals surface area contributed by atoms with E-state index in [1.165, 1.54) is 6.42 Å². The SMILES string of the molecule is CCCn1c(SC2C(C)CC(C)CC2N)n[nH]c1=O. The fraction of sp³-hybridized carbons (Fsp3) is 0.846. The number of nitrogens with zero attached hydrogens (tertiary/aromatic N) is 2. The predicted molar refractivity (Wildman–Crippen MR) is 78.3 cm³/mol. The highest BCUT2D eigenvalue weighted by Crippen LogP contribution is 2.37. The Kier molecular flexibility index (Phi) is 4.73. The molecule has 4 atom stereocenters. The highest BCUT2D eigenvalue weighted by atomic mass is 32.2. The van der Waals surface area contributed by atoms with Gasteiger partial charge in [-0.3, -0.25) is 4.57 Å². The quantitative estimate of drug-likeness (QED) is 0.884. The van der Waals surface area contributed by atoms with Gasteiger partial charge in [0.15, 0.2) is 5.16 Å². The van der Waals surface area contributed by atoms with Gasteiger partial charge in [0.2, 0.25) is 0 Å². The molecule has 108 valence electrons. The second kappa shape index (κ2) is 6.13. The Morgan fingerprint density at radius 1 is 1.47 bits per heavy atom. The molecule has 0 bridgehead atoms. The van der Waals surface area contributed by atoms with Gasteiger partial charge in [0.25, 0.3) is 0 Å². The largest absolute Gasteiger partial charge is 0.343 e. The topological polar surface area (TPSA) is 76.7 Å². The number of nitrogens with two attached hydrogens (primary N) is 1. The van der Waals surface area contributed by atoms with Gasteiger partial charge in [0.1, 0.15) is 0 Å². The molecule has 1 aromatic heterocycles. The summed E-state index contributed by atoms with van der Waals surface area (Å²) in [6.07, 6.45) is 3.19. The Bertz CT molecular complexity index is 457. The van der Waals surface area contributed by atoms with Crippen molar-refractivity contribution < 1.29 is 0 Å². The number of aromatic amines is 1. The molecular weight excluding hydrogens is 260 g/mol. The number of thioether (sulfide) groups is 1. The van der Waals surface area contributed by atoms with E-state index in [1.54, 1.807) is 16.3 Å². The molecule has 5 nitrogen and oxygen atoms in total. The summed E-state index contributed by atoms with van der Waals surface area (Å²) < 4.78 is 1.72. The van der Waals surface area contributed by atoms with E-state index in [0.717, 1.165) is 18.0 Å². The van der Waals surface area contributed by atoms with Gasteiger partial charge in [-0.1, -0.05) is 32.5 Å². The standard InChI is InChI=1S/C13H24N4OS/c1-4-5-17-12(18)15-16-13(17)19-11-9(3)6-8(2)7-10(11)14/h8-11H,4-7,14H2,1-3H3,(H,15,18). The molecule has 1 heterocycles. The van der Waals surface area contributed by atoms with Gasteiger partial charge in [-0.25, -0.2) is 9.89 Å². The average Bonchev–Trinajstić information content (AvgIpc) is 2.66. The molecule has 0 saturated heterocycles. The summed E-state index contributed by atoms with van der Waals surface area (Å²) in [5, 5.41) is 7.83. The Hall–Kier alpha value is -0.750. The van der Waals surface area contributed by atoms with Gasteiger partial charge in [0.05, 0.1) is 0 Å². The zero-order valence-corrected chi connectivity index (χ0v) is 12.7. The fourth-order valence-electron chi connectivity index (χ4n) is 3.03. The minimum atomic E-state index is -0.116. The van der Waals surface area contributed by atoms with Gasteiger partial charge in [-0.05, 0) is 31.1 Å². The van der Waals surface area contributed by atoms with E-state index in [-0.39, 0.29) is 11.7 Å². The normalized spacial score (nSPS) is 31.6. The number of nitrogens with one attached hydrogen (secondary N) is 1. The lowest BCUT2D eigenvalue weighted by Gasteiger charge is -2.36. The lowest BCUT2D eigenvalue weighted by Crippen LogP contribution is -2.43. The minimum absolute atomic E-state index is 0.116. The second-order valence-electron chi connectivity index (χ2n) is 5.76. The van der Waals surface area contributed by atoms with Crippen LogP contribution in [0.1, 0.15) is 40.0 Å². The second-order valence-corrected chi connectivity index (χ2v) is 6.91. The van der Waals surface area contributed by atoms with Crippen molar-refractivity contribution in [1.29, 1.82) is 0 Å². The number of hydrogen-bond donors (Lipinski definition) is 2. The molecule has 19 heavy (non-hydrogen) atoms. The van der Waals surface area contributed by atoms with Crippen LogP contribution in [0.5, 0.6) is 0 Å². The Balaban J connectivity index is 2.14. The summed E-state index contributed by atoms with van der Waals surface area (Å²) >= 11 is 1.67. The minimum Gasteiger partial charge on any atom is -0.327 e.